The first-order chi connectivity index (χ1) is 12.6. The summed E-state index contributed by atoms with van der Waals surface area (Å²) in [6.45, 7) is 2.70. The molecule has 1 aliphatic rings. The van der Waals surface area contributed by atoms with Gasteiger partial charge in [-0.15, -0.1) is 0 Å². The molecular weight excluding hydrogens is 326 g/mol. The zero-order chi connectivity index (χ0) is 18.1. The predicted octanol–water partition coefficient (Wildman–Crippen LogP) is 4.59. The van der Waals surface area contributed by atoms with Crippen molar-refractivity contribution in [1.29, 1.82) is 0 Å². The molecule has 1 amide bonds. The summed E-state index contributed by atoms with van der Waals surface area (Å²) < 4.78 is 11.6. The van der Waals surface area contributed by atoms with Crippen LogP contribution in [0.4, 0.5) is 0 Å². The van der Waals surface area contributed by atoms with E-state index in [0.717, 1.165) is 22.3 Å². The largest absolute Gasteiger partial charge is 0.484 e. The van der Waals surface area contributed by atoms with Crippen LogP contribution in [-0.2, 0) is 11.3 Å². The highest BCUT2D eigenvalue weighted by Crippen LogP contribution is 2.47. The smallest absolute Gasteiger partial charge is 0.260 e. The fourth-order valence-electron chi connectivity index (χ4n) is 3.23. The van der Waals surface area contributed by atoms with Crippen molar-refractivity contribution in [3.05, 3.63) is 66.1 Å². The Morgan fingerprint density at radius 2 is 1.92 bits per heavy atom. The van der Waals surface area contributed by atoms with Crippen molar-refractivity contribution in [3.63, 3.8) is 0 Å². The molecule has 1 fully saturated rings. The summed E-state index contributed by atoms with van der Waals surface area (Å²) in [6.07, 6.45) is 1.20. The first kappa shape index (κ1) is 16.7. The van der Waals surface area contributed by atoms with Gasteiger partial charge in [-0.25, -0.2) is 0 Å². The number of likely N-dealkylation sites (N-methyl/N-ethyl adjacent to an activating group) is 1. The van der Waals surface area contributed by atoms with Crippen LogP contribution >= 0.6 is 0 Å². The highest BCUT2D eigenvalue weighted by molar-refractivity contribution is 5.84. The quantitative estimate of drug-likeness (QED) is 0.653. The van der Waals surface area contributed by atoms with Crippen LogP contribution in [0.3, 0.4) is 0 Å². The van der Waals surface area contributed by atoms with Crippen LogP contribution in [0.1, 0.15) is 30.8 Å². The van der Waals surface area contributed by atoms with E-state index < -0.39 is 0 Å². The second-order valence-corrected chi connectivity index (χ2v) is 7.17. The maximum Gasteiger partial charge on any atom is 0.260 e. The van der Waals surface area contributed by atoms with Gasteiger partial charge in [0.2, 0.25) is 0 Å². The molecule has 134 valence electrons. The Labute approximate surface area is 153 Å². The van der Waals surface area contributed by atoms with Gasteiger partial charge in [-0.2, -0.15) is 0 Å². The monoisotopic (exact) mass is 349 g/mol. The molecule has 0 saturated heterocycles. The second-order valence-electron chi connectivity index (χ2n) is 7.17. The maximum absolute atomic E-state index is 12.3. The van der Waals surface area contributed by atoms with E-state index in [9.17, 15) is 4.79 Å². The molecule has 0 bridgehead atoms. The van der Waals surface area contributed by atoms with Crippen LogP contribution in [0.5, 0.6) is 5.75 Å². The highest BCUT2D eigenvalue weighted by atomic mass is 16.5. The van der Waals surface area contributed by atoms with Crippen molar-refractivity contribution in [2.45, 2.75) is 25.8 Å². The Bertz CT molecular complexity index is 930. The number of rotatable bonds is 6. The molecule has 0 aliphatic heterocycles. The van der Waals surface area contributed by atoms with Crippen molar-refractivity contribution in [1.82, 2.24) is 4.90 Å². The van der Waals surface area contributed by atoms with Gasteiger partial charge < -0.3 is 14.1 Å². The van der Waals surface area contributed by atoms with Gasteiger partial charge in [0.05, 0.1) is 6.54 Å². The van der Waals surface area contributed by atoms with E-state index in [1.54, 1.807) is 11.9 Å². The number of fused-ring (bicyclic) bond motifs is 1. The van der Waals surface area contributed by atoms with Gasteiger partial charge in [0, 0.05) is 13.0 Å². The van der Waals surface area contributed by atoms with Crippen molar-refractivity contribution in [2.24, 2.45) is 5.92 Å². The molecule has 3 aromatic rings. The molecular formula is C22H23NO3. The topological polar surface area (TPSA) is 42.7 Å². The summed E-state index contributed by atoms with van der Waals surface area (Å²) >= 11 is 0. The number of hydrogen-bond donors (Lipinski definition) is 0. The lowest BCUT2D eigenvalue weighted by Gasteiger charge is -2.16. The van der Waals surface area contributed by atoms with Crippen molar-refractivity contribution in [2.75, 3.05) is 13.7 Å². The minimum atomic E-state index is -0.0732. The summed E-state index contributed by atoms with van der Waals surface area (Å²) in [6, 6.07) is 17.9. The number of benzene rings is 2. The molecule has 1 aromatic heterocycles. The molecule has 0 unspecified atom stereocenters. The second kappa shape index (κ2) is 6.87. The molecule has 0 spiro atoms. The Morgan fingerprint density at radius 1 is 1.15 bits per heavy atom. The molecule has 1 saturated carbocycles. The third kappa shape index (κ3) is 3.59. The Morgan fingerprint density at radius 3 is 2.69 bits per heavy atom. The van der Waals surface area contributed by atoms with E-state index in [-0.39, 0.29) is 12.5 Å². The SMILES string of the molecule is C[C@H]1C[C@H]1c1ccc(CN(C)C(=O)COc2ccc3ccccc3c2)o1. The average Bonchev–Trinajstić information content (AvgIpc) is 3.20. The first-order valence-corrected chi connectivity index (χ1v) is 9.04. The van der Waals surface area contributed by atoms with Crippen LogP contribution in [0.15, 0.2) is 59.0 Å². The minimum absolute atomic E-state index is 0.0159. The van der Waals surface area contributed by atoms with E-state index in [1.807, 2.05) is 48.5 Å². The molecule has 4 heteroatoms. The van der Waals surface area contributed by atoms with Crippen LogP contribution < -0.4 is 4.74 Å². The zero-order valence-corrected chi connectivity index (χ0v) is 15.1. The Balaban J connectivity index is 1.32. The maximum atomic E-state index is 12.3. The van der Waals surface area contributed by atoms with Crippen LogP contribution in [-0.4, -0.2) is 24.5 Å². The molecule has 0 radical (unpaired) electrons. The van der Waals surface area contributed by atoms with Gasteiger partial charge >= 0.3 is 0 Å². The van der Waals surface area contributed by atoms with E-state index in [4.69, 9.17) is 9.15 Å². The van der Waals surface area contributed by atoms with E-state index in [1.165, 1.54) is 6.42 Å². The van der Waals surface area contributed by atoms with E-state index in [2.05, 4.69) is 13.0 Å². The van der Waals surface area contributed by atoms with Crippen molar-refractivity contribution >= 4 is 16.7 Å². The summed E-state index contributed by atoms with van der Waals surface area (Å²) in [7, 11) is 1.77. The summed E-state index contributed by atoms with van der Waals surface area (Å²) in [5.74, 6) is 3.76. The molecule has 1 aliphatic carbocycles. The van der Waals surface area contributed by atoms with Crippen LogP contribution in [0.25, 0.3) is 10.8 Å². The van der Waals surface area contributed by atoms with Gasteiger partial charge in [-0.05, 0) is 47.4 Å². The minimum Gasteiger partial charge on any atom is -0.484 e. The van der Waals surface area contributed by atoms with Crippen molar-refractivity contribution in [3.8, 4) is 5.75 Å². The third-order valence-corrected chi connectivity index (χ3v) is 5.06. The lowest BCUT2D eigenvalue weighted by Crippen LogP contribution is -2.30. The number of ether oxygens (including phenoxy) is 1. The molecule has 4 rings (SSSR count). The summed E-state index contributed by atoms with van der Waals surface area (Å²) in [5.41, 5.74) is 0. The molecule has 26 heavy (non-hydrogen) atoms. The first-order valence-electron chi connectivity index (χ1n) is 9.04. The van der Waals surface area contributed by atoms with Crippen molar-refractivity contribution < 1.29 is 13.9 Å². The Hall–Kier alpha value is -2.75. The van der Waals surface area contributed by atoms with Gasteiger partial charge in [-0.1, -0.05) is 37.3 Å². The fraction of sp³-hybridized carbons (Fsp3) is 0.318. The zero-order valence-electron chi connectivity index (χ0n) is 15.1. The standard InChI is InChI=1S/C22H23NO3/c1-15-11-20(15)21-10-9-19(26-21)13-23(2)22(24)14-25-18-8-7-16-5-3-4-6-17(16)12-18/h3-10,12,15,20H,11,13-14H2,1-2H3/t15-,20+/m0/s1. The number of amides is 1. The predicted molar refractivity (Wildman–Crippen MR) is 101 cm³/mol. The average molecular weight is 349 g/mol. The highest BCUT2D eigenvalue weighted by Gasteiger charge is 2.36. The van der Waals surface area contributed by atoms with E-state index in [0.29, 0.717) is 24.1 Å². The molecule has 2 aromatic carbocycles. The van der Waals surface area contributed by atoms with Gasteiger partial charge in [0.25, 0.3) is 5.91 Å². The number of nitrogens with zero attached hydrogens (tertiary/aromatic N) is 1. The molecule has 0 N–H and O–H groups in total. The van der Waals surface area contributed by atoms with Gasteiger partial charge in [0.1, 0.15) is 17.3 Å². The molecule has 4 nitrogen and oxygen atoms in total. The third-order valence-electron chi connectivity index (χ3n) is 5.06. The molecule has 1 heterocycles. The number of hydrogen-bond acceptors (Lipinski definition) is 3. The van der Waals surface area contributed by atoms with Crippen LogP contribution in [0.2, 0.25) is 0 Å². The lowest BCUT2D eigenvalue weighted by atomic mass is 10.1. The summed E-state index contributed by atoms with van der Waals surface area (Å²) in [4.78, 5) is 14.0. The number of carbonyl (C=O) groups is 1. The number of carbonyl (C=O) groups excluding carboxylic acids is 1. The normalized spacial score (nSPS) is 18.7. The van der Waals surface area contributed by atoms with Gasteiger partial charge in [0.15, 0.2) is 6.61 Å². The molecule has 2 atom stereocenters. The van der Waals surface area contributed by atoms with Gasteiger partial charge in [-0.3, -0.25) is 4.79 Å². The Kier molecular flexibility index (Phi) is 4.41. The summed E-state index contributed by atoms with van der Waals surface area (Å²) in [5, 5.41) is 2.25. The number of furan rings is 1. The fourth-order valence-corrected chi connectivity index (χ4v) is 3.23. The van der Waals surface area contributed by atoms with E-state index >= 15 is 0 Å². The van der Waals surface area contributed by atoms with Crippen LogP contribution in [0, 0.1) is 5.92 Å². The lowest BCUT2D eigenvalue weighted by molar-refractivity contribution is -0.132.